The SMILES string of the molecule is CC(C)[C@H](N)C(=O)N[C@@H](Cc1c[nH]c2ccccc12)C(=O)N[C@H](C(N)=O)C(C)C. The van der Waals surface area contributed by atoms with E-state index in [2.05, 4.69) is 15.6 Å². The van der Waals surface area contributed by atoms with Gasteiger partial charge in [0.15, 0.2) is 0 Å². The van der Waals surface area contributed by atoms with Crippen LogP contribution < -0.4 is 22.1 Å². The van der Waals surface area contributed by atoms with Crippen LogP contribution in [0.15, 0.2) is 30.5 Å². The van der Waals surface area contributed by atoms with Crippen LogP contribution in [0, 0.1) is 11.8 Å². The predicted molar refractivity (Wildman–Crippen MR) is 113 cm³/mol. The Morgan fingerprint density at radius 2 is 1.66 bits per heavy atom. The molecule has 29 heavy (non-hydrogen) atoms. The summed E-state index contributed by atoms with van der Waals surface area (Å²) in [5, 5.41) is 6.37. The Labute approximate surface area is 170 Å². The van der Waals surface area contributed by atoms with E-state index in [-0.39, 0.29) is 18.3 Å². The highest BCUT2D eigenvalue weighted by molar-refractivity contribution is 5.93. The van der Waals surface area contributed by atoms with Gasteiger partial charge in [0, 0.05) is 23.5 Å². The Bertz CT molecular complexity index is 874. The van der Waals surface area contributed by atoms with E-state index in [9.17, 15) is 14.4 Å². The van der Waals surface area contributed by atoms with Gasteiger partial charge in [-0.1, -0.05) is 45.9 Å². The van der Waals surface area contributed by atoms with Crippen molar-refractivity contribution < 1.29 is 14.4 Å². The van der Waals surface area contributed by atoms with Gasteiger partial charge in [0.2, 0.25) is 17.7 Å². The first kappa shape index (κ1) is 22.4. The van der Waals surface area contributed by atoms with E-state index in [0.717, 1.165) is 16.5 Å². The number of primary amides is 1. The largest absolute Gasteiger partial charge is 0.368 e. The highest BCUT2D eigenvalue weighted by Crippen LogP contribution is 2.19. The van der Waals surface area contributed by atoms with E-state index in [1.807, 2.05) is 44.3 Å². The van der Waals surface area contributed by atoms with Gasteiger partial charge in [-0.05, 0) is 23.5 Å². The van der Waals surface area contributed by atoms with Gasteiger partial charge in [-0.3, -0.25) is 14.4 Å². The number of hydrogen-bond donors (Lipinski definition) is 5. The zero-order chi connectivity index (χ0) is 21.7. The molecular formula is C21H31N5O3. The number of nitrogens with one attached hydrogen (secondary N) is 3. The summed E-state index contributed by atoms with van der Waals surface area (Å²) in [6.45, 7) is 7.25. The third-order valence-electron chi connectivity index (χ3n) is 5.02. The minimum absolute atomic E-state index is 0.0826. The number of H-pyrrole nitrogens is 1. The number of carbonyl (C=O) groups is 3. The number of fused-ring (bicyclic) bond motifs is 1. The summed E-state index contributed by atoms with van der Waals surface area (Å²) in [5.41, 5.74) is 13.2. The maximum Gasteiger partial charge on any atom is 0.243 e. The first-order valence-electron chi connectivity index (χ1n) is 9.82. The molecule has 8 nitrogen and oxygen atoms in total. The minimum Gasteiger partial charge on any atom is -0.368 e. The molecule has 0 unspecified atom stereocenters. The number of benzene rings is 1. The second-order valence-corrected chi connectivity index (χ2v) is 8.03. The molecule has 0 aliphatic rings. The lowest BCUT2D eigenvalue weighted by molar-refractivity contribution is -0.132. The van der Waals surface area contributed by atoms with Gasteiger partial charge in [-0.15, -0.1) is 0 Å². The lowest BCUT2D eigenvalue weighted by Crippen LogP contribution is -2.57. The Morgan fingerprint density at radius 1 is 1.00 bits per heavy atom. The van der Waals surface area contributed by atoms with E-state index < -0.39 is 35.8 Å². The van der Waals surface area contributed by atoms with Crippen molar-refractivity contribution >= 4 is 28.6 Å². The average Bonchev–Trinajstić information content (AvgIpc) is 3.07. The molecule has 3 amide bonds. The van der Waals surface area contributed by atoms with Crippen molar-refractivity contribution in [2.75, 3.05) is 0 Å². The highest BCUT2D eigenvalue weighted by Gasteiger charge is 2.30. The molecule has 0 radical (unpaired) electrons. The smallest absolute Gasteiger partial charge is 0.243 e. The number of hydrogen-bond acceptors (Lipinski definition) is 4. The van der Waals surface area contributed by atoms with Crippen LogP contribution in [0.1, 0.15) is 33.3 Å². The second kappa shape index (κ2) is 9.56. The summed E-state index contributed by atoms with van der Waals surface area (Å²) >= 11 is 0. The normalized spacial score (nSPS) is 14.6. The number of carbonyl (C=O) groups excluding carboxylic acids is 3. The molecule has 8 heteroatoms. The molecule has 7 N–H and O–H groups in total. The van der Waals surface area contributed by atoms with Crippen molar-refractivity contribution in [3.05, 3.63) is 36.0 Å². The minimum atomic E-state index is -0.896. The molecule has 3 atom stereocenters. The summed E-state index contributed by atoms with van der Waals surface area (Å²) in [6.07, 6.45) is 2.06. The van der Waals surface area contributed by atoms with Crippen molar-refractivity contribution in [3.8, 4) is 0 Å². The van der Waals surface area contributed by atoms with Gasteiger partial charge in [0.1, 0.15) is 12.1 Å². The Morgan fingerprint density at radius 3 is 2.24 bits per heavy atom. The maximum absolute atomic E-state index is 13.0. The van der Waals surface area contributed by atoms with Crippen LogP contribution in [0.5, 0.6) is 0 Å². The summed E-state index contributed by atoms with van der Waals surface area (Å²) in [5.74, 6) is -1.78. The van der Waals surface area contributed by atoms with Gasteiger partial charge < -0.3 is 27.1 Å². The van der Waals surface area contributed by atoms with E-state index in [1.165, 1.54) is 0 Å². The fourth-order valence-corrected chi connectivity index (χ4v) is 3.12. The zero-order valence-electron chi connectivity index (χ0n) is 17.4. The number of aromatic nitrogens is 1. The number of para-hydroxylation sites is 1. The summed E-state index contributed by atoms with van der Waals surface area (Å²) in [7, 11) is 0. The zero-order valence-corrected chi connectivity index (χ0v) is 17.4. The molecule has 0 fully saturated rings. The third-order valence-corrected chi connectivity index (χ3v) is 5.02. The number of amides is 3. The molecule has 2 aromatic rings. The Kier molecular flexibility index (Phi) is 7.39. The van der Waals surface area contributed by atoms with Gasteiger partial charge >= 0.3 is 0 Å². The molecule has 158 valence electrons. The quantitative estimate of drug-likeness (QED) is 0.423. The number of rotatable bonds is 9. The fourth-order valence-electron chi connectivity index (χ4n) is 3.12. The molecule has 0 bridgehead atoms. The van der Waals surface area contributed by atoms with Crippen LogP contribution in [-0.2, 0) is 20.8 Å². The monoisotopic (exact) mass is 401 g/mol. The van der Waals surface area contributed by atoms with E-state index >= 15 is 0 Å². The molecular weight excluding hydrogens is 370 g/mol. The third kappa shape index (κ3) is 5.57. The number of aromatic amines is 1. The average molecular weight is 402 g/mol. The van der Waals surface area contributed by atoms with Crippen molar-refractivity contribution in [3.63, 3.8) is 0 Å². The lowest BCUT2D eigenvalue weighted by atomic mass is 9.99. The fraction of sp³-hybridized carbons (Fsp3) is 0.476. The topological polar surface area (TPSA) is 143 Å². The Balaban J connectivity index is 2.28. The summed E-state index contributed by atoms with van der Waals surface area (Å²) in [6, 6.07) is 5.22. The molecule has 0 spiro atoms. The molecule has 1 aromatic carbocycles. The van der Waals surface area contributed by atoms with Crippen molar-refractivity contribution in [2.24, 2.45) is 23.3 Å². The van der Waals surface area contributed by atoms with Crippen LogP contribution in [0.4, 0.5) is 0 Å². The molecule has 2 rings (SSSR count). The van der Waals surface area contributed by atoms with Crippen molar-refractivity contribution in [2.45, 2.75) is 52.2 Å². The van der Waals surface area contributed by atoms with Crippen molar-refractivity contribution in [1.82, 2.24) is 15.6 Å². The maximum atomic E-state index is 13.0. The van der Waals surface area contributed by atoms with Crippen LogP contribution in [0.3, 0.4) is 0 Å². The lowest BCUT2D eigenvalue weighted by Gasteiger charge is -2.25. The first-order chi connectivity index (χ1) is 13.6. The summed E-state index contributed by atoms with van der Waals surface area (Å²) in [4.78, 5) is 40.4. The van der Waals surface area contributed by atoms with Gasteiger partial charge in [0.25, 0.3) is 0 Å². The molecule has 0 aliphatic carbocycles. The van der Waals surface area contributed by atoms with E-state index in [1.54, 1.807) is 13.8 Å². The van der Waals surface area contributed by atoms with Crippen molar-refractivity contribution in [1.29, 1.82) is 0 Å². The van der Waals surface area contributed by atoms with Gasteiger partial charge in [0.05, 0.1) is 6.04 Å². The number of nitrogens with two attached hydrogens (primary N) is 2. The van der Waals surface area contributed by atoms with Crippen LogP contribution in [0.25, 0.3) is 10.9 Å². The molecule has 0 saturated carbocycles. The van der Waals surface area contributed by atoms with Crippen LogP contribution >= 0.6 is 0 Å². The standard InChI is InChI=1S/C21H31N5O3/c1-11(2)17(22)21(29)25-16(20(28)26-18(12(3)4)19(23)27)9-13-10-24-15-8-6-5-7-14(13)15/h5-8,10-12,16-18,24H,9,22H2,1-4H3,(H2,23,27)(H,25,29)(H,26,28)/t16-,17-,18-/m0/s1. The van der Waals surface area contributed by atoms with Crippen LogP contribution in [-0.4, -0.2) is 40.8 Å². The van der Waals surface area contributed by atoms with E-state index in [0.29, 0.717) is 0 Å². The highest BCUT2D eigenvalue weighted by atomic mass is 16.2. The second-order valence-electron chi connectivity index (χ2n) is 8.03. The molecule has 0 saturated heterocycles. The molecule has 1 aromatic heterocycles. The van der Waals surface area contributed by atoms with Gasteiger partial charge in [-0.25, -0.2) is 0 Å². The molecule has 0 aliphatic heterocycles. The van der Waals surface area contributed by atoms with Gasteiger partial charge in [-0.2, -0.15) is 0 Å². The predicted octanol–water partition coefficient (Wildman–Crippen LogP) is 0.805. The van der Waals surface area contributed by atoms with E-state index in [4.69, 9.17) is 11.5 Å². The Hall–Kier alpha value is -2.87. The van der Waals surface area contributed by atoms with Crippen LogP contribution in [0.2, 0.25) is 0 Å². The molecule has 1 heterocycles. The summed E-state index contributed by atoms with van der Waals surface area (Å²) < 4.78 is 0. The first-order valence-corrected chi connectivity index (χ1v) is 9.82.